The highest BCUT2D eigenvalue weighted by Crippen LogP contribution is 2.26. The Morgan fingerprint density at radius 3 is 2.20 bits per heavy atom. The molecule has 9 heteroatoms. The van der Waals surface area contributed by atoms with E-state index >= 15 is 0 Å². The van der Waals surface area contributed by atoms with Gasteiger partial charge < -0.3 is 15.0 Å². The van der Waals surface area contributed by atoms with Gasteiger partial charge in [0.15, 0.2) is 0 Å². The average molecular weight is 566 g/mol. The molecular formula is C31H39N3O5S. The highest BCUT2D eigenvalue weighted by Gasteiger charge is 2.32. The monoisotopic (exact) mass is 565 g/mol. The van der Waals surface area contributed by atoms with E-state index in [1.165, 1.54) is 17.0 Å². The van der Waals surface area contributed by atoms with E-state index < -0.39 is 28.5 Å². The van der Waals surface area contributed by atoms with Crippen LogP contribution in [0.15, 0.2) is 77.7 Å². The van der Waals surface area contributed by atoms with Crippen LogP contribution in [-0.2, 0) is 26.2 Å². The SMILES string of the molecule is CCCNC(=O)[C@@H](C)N(Cc1cccc(C)c1)C(=O)CN(c1ccc(C)cc1)S(=O)(=O)c1ccc(OCC)cc1. The average Bonchev–Trinajstić information content (AvgIpc) is 2.94. The van der Waals surface area contributed by atoms with Gasteiger partial charge in [-0.05, 0) is 76.1 Å². The second-order valence-corrected chi connectivity index (χ2v) is 11.6. The number of carbonyl (C=O) groups is 2. The molecule has 3 aromatic carbocycles. The summed E-state index contributed by atoms with van der Waals surface area (Å²) in [7, 11) is -4.14. The molecular weight excluding hydrogens is 526 g/mol. The van der Waals surface area contributed by atoms with Crippen molar-refractivity contribution < 1.29 is 22.7 Å². The molecule has 1 N–H and O–H groups in total. The quantitative estimate of drug-likeness (QED) is 0.320. The first-order chi connectivity index (χ1) is 19.1. The van der Waals surface area contributed by atoms with E-state index in [9.17, 15) is 18.0 Å². The lowest BCUT2D eigenvalue weighted by molar-refractivity contribution is -0.139. The van der Waals surface area contributed by atoms with E-state index in [0.717, 1.165) is 27.4 Å². The van der Waals surface area contributed by atoms with Crippen LogP contribution in [0.4, 0.5) is 5.69 Å². The summed E-state index contributed by atoms with van der Waals surface area (Å²) in [6.45, 7) is 9.94. The number of anilines is 1. The second-order valence-electron chi connectivity index (χ2n) is 9.73. The lowest BCUT2D eigenvalue weighted by Gasteiger charge is -2.32. The van der Waals surface area contributed by atoms with Crippen LogP contribution < -0.4 is 14.4 Å². The zero-order valence-corrected chi connectivity index (χ0v) is 24.7. The second kappa shape index (κ2) is 14.0. The van der Waals surface area contributed by atoms with Crippen molar-refractivity contribution in [3.8, 4) is 5.75 Å². The summed E-state index contributed by atoms with van der Waals surface area (Å²) in [5, 5.41) is 2.85. The zero-order chi connectivity index (χ0) is 29.3. The van der Waals surface area contributed by atoms with Crippen molar-refractivity contribution in [3.63, 3.8) is 0 Å². The Hall–Kier alpha value is -3.85. The summed E-state index contributed by atoms with van der Waals surface area (Å²) in [6.07, 6.45) is 0.756. The Labute approximate surface area is 238 Å². The zero-order valence-electron chi connectivity index (χ0n) is 23.9. The molecule has 0 bridgehead atoms. The molecule has 0 spiro atoms. The first-order valence-corrected chi connectivity index (χ1v) is 15.0. The van der Waals surface area contributed by atoms with Crippen molar-refractivity contribution in [1.29, 1.82) is 0 Å². The fourth-order valence-corrected chi connectivity index (χ4v) is 5.64. The number of sulfonamides is 1. The van der Waals surface area contributed by atoms with Crippen LogP contribution in [0.3, 0.4) is 0 Å². The minimum absolute atomic E-state index is 0.0308. The molecule has 0 saturated carbocycles. The van der Waals surface area contributed by atoms with E-state index in [-0.39, 0.29) is 17.3 Å². The van der Waals surface area contributed by atoms with Crippen LogP contribution in [0.5, 0.6) is 5.75 Å². The molecule has 1 atom stereocenters. The number of ether oxygens (including phenoxy) is 1. The van der Waals surface area contributed by atoms with E-state index in [4.69, 9.17) is 4.74 Å². The predicted molar refractivity (Wildman–Crippen MR) is 158 cm³/mol. The summed E-state index contributed by atoms with van der Waals surface area (Å²) in [5.74, 6) is -0.231. The number of rotatable bonds is 13. The van der Waals surface area contributed by atoms with Crippen molar-refractivity contribution in [2.75, 3.05) is 24.0 Å². The first-order valence-electron chi connectivity index (χ1n) is 13.5. The first kappa shape index (κ1) is 30.7. The Morgan fingerprint density at radius 1 is 0.925 bits per heavy atom. The maximum atomic E-state index is 13.9. The molecule has 0 aromatic heterocycles. The molecule has 0 unspecified atom stereocenters. The van der Waals surface area contributed by atoms with Crippen molar-refractivity contribution in [2.45, 2.75) is 58.5 Å². The lowest BCUT2D eigenvalue weighted by atomic mass is 10.1. The normalized spacial score (nSPS) is 11.9. The number of hydrogen-bond acceptors (Lipinski definition) is 5. The molecule has 0 aliphatic carbocycles. The fourth-order valence-electron chi connectivity index (χ4n) is 4.23. The third kappa shape index (κ3) is 7.85. The summed E-state index contributed by atoms with van der Waals surface area (Å²) in [5.41, 5.74) is 3.18. The number of benzene rings is 3. The number of hydrogen-bond donors (Lipinski definition) is 1. The molecule has 0 aliphatic rings. The van der Waals surface area contributed by atoms with Gasteiger partial charge in [0, 0.05) is 13.1 Å². The number of aryl methyl sites for hydroxylation is 2. The molecule has 0 radical (unpaired) electrons. The minimum atomic E-state index is -4.14. The number of nitrogens with zero attached hydrogens (tertiary/aromatic N) is 2. The Balaban J connectivity index is 2.01. The largest absolute Gasteiger partial charge is 0.494 e. The van der Waals surface area contributed by atoms with Gasteiger partial charge in [-0.3, -0.25) is 13.9 Å². The molecule has 3 rings (SSSR count). The van der Waals surface area contributed by atoms with Crippen LogP contribution >= 0.6 is 0 Å². The van der Waals surface area contributed by atoms with Gasteiger partial charge in [0.25, 0.3) is 10.0 Å². The predicted octanol–water partition coefficient (Wildman–Crippen LogP) is 4.84. The molecule has 3 aromatic rings. The summed E-state index contributed by atoms with van der Waals surface area (Å²) in [6, 6.07) is 19.9. The van der Waals surface area contributed by atoms with Crippen molar-refractivity contribution in [2.24, 2.45) is 0 Å². The molecule has 8 nitrogen and oxygen atoms in total. The molecule has 0 fully saturated rings. The molecule has 0 heterocycles. The number of carbonyl (C=O) groups excluding carboxylic acids is 2. The van der Waals surface area contributed by atoms with Gasteiger partial charge in [-0.15, -0.1) is 0 Å². The highest BCUT2D eigenvalue weighted by molar-refractivity contribution is 7.92. The third-order valence-corrected chi connectivity index (χ3v) is 8.26. The maximum absolute atomic E-state index is 13.9. The van der Waals surface area contributed by atoms with Crippen LogP contribution in [0.1, 0.15) is 43.9 Å². The van der Waals surface area contributed by atoms with E-state index in [2.05, 4.69) is 5.32 Å². The van der Waals surface area contributed by atoms with Crippen molar-refractivity contribution >= 4 is 27.5 Å². The topological polar surface area (TPSA) is 96.0 Å². The summed E-state index contributed by atoms with van der Waals surface area (Å²) >= 11 is 0. The summed E-state index contributed by atoms with van der Waals surface area (Å²) in [4.78, 5) is 28.4. The molecule has 2 amide bonds. The molecule has 0 aliphatic heterocycles. The lowest BCUT2D eigenvalue weighted by Crippen LogP contribution is -2.51. The Bertz CT molecular complexity index is 1390. The van der Waals surface area contributed by atoms with E-state index in [0.29, 0.717) is 24.6 Å². The molecule has 40 heavy (non-hydrogen) atoms. The molecule has 214 valence electrons. The van der Waals surface area contributed by atoms with Crippen LogP contribution in [0.25, 0.3) is 0 Å². The van der Waals surface area contributed by atoms with Crippen molar-refractivity contribution in [1.82, 2.24) is 10.2 Å². The van der Waals surface area contributed by atoms with Gasteiger partial charge in [-0.1, -0.05) is 54.4 Å². The van der Waals surface area contributed by atoms with Crippen LogP contribution in [0, 0.1) is 13.8 Å². The highest BCUT2D eigenvalue weighted by atomic mass is 32.2. The number of nitrogens with one attached hydrogen (secondary N) is 1. The van der Waals surface area contributed by atoms with Gasteiger partial charge >= 0.3 is 0 Å². The van der Waals surface area contributed by atoms with Gasteiger partial charge in [0.1, 0.15) is 18.3 Å². The Morgan fingerprint density at radius 2 is 1.60 bits per heavy atom. The summed E-state index contributed by atoms with van der Waals surface area (Å²) < 4.78 is 34.4. The number of amides is 2. The Kier molecular flexibility index (Phi) is 10.7. The smallest absolute Gasteiger partial charge is 0.264 e. The van der Waals surface area contributed by atoms with Crippen LogP contribution in [0.2, 0.25) is 0 Å². The van der Waals surface area contributed by atoms with Gasteiger partial charge in [0.05, 0.1) is 17.2 Å². The minimum Gasteiger partial charge on any atom is -0.494 e. The van der Waals surface area contributed by atoms with Crippen LogP contribution in [-0.4, -0.2) is 50.9 Å². The van der Waals surface area contributed by atoms with Gasteiger partial charge in [0.2, 0.25) is 11.8 Å². The third-order valence-electron chi connectivity index (χ3n) is 6.48. The van der Waals surface area contributed by atoms with Gasteiger partial charge in [-0.2, -0.15) is 0 Å². The van der Waals surface area contributed by atoms with E-state index in [1.54, 1.807) is 43.3 Å². The van der Waals surface area contributed by atoms with Gasteiger partial charge in [-0.25, -0.2) is 8.42 Å². The maximum Gasteiger partial charge on any atom is 0.264 e. The van der Waals surface area contributed by atoms with Crippen molar-refractivity contribution in [3.05, 3.63) is 89.5 Å². The fraction of sp³-hybridized carbons (Fsp3) is 0.355. The van der Waals surface area contributed by atoms with E-state index in [1.807, 2.05) is 52.0 Å². The molecule has 0 saturated heterocycles. The standard InChI is InChI=1S/C31H39N3O5S/c1-6-19-32-31(36)25(5)33(21-26-10-8-9-24(4)20-26)30(35)22-34(27-13-11-23(3)12-14-27)40(37,38)29-17-15-28(16-18-29)39-7-2/h8-18,20,25H,6-7,19,21-22H2,1-5H3,(H,32,36)/t25-/m1/s1.